The van der Waals surface area contributed by atoms with Crippen LogP contribution in [0.1, 0.15) is 42.8 Å². The van der Waals surface area contributed by atoms with E-state index < -0.39 is 5.41 Å². The fraction of sp³-hybridized carbons (Fsp3) is 0.474. The Morgan fingerprint density at radius 1 is 1.29 bits per heavy atom. The van der Waals surface area contributed by atoms with Gasteiger partial charge in [0.2, 0.25) is 5.91 Å². The van der Waals surface area contributed by atoms with Crippen molar-refractivity contribution < 1.29 is 9.53 Å². The van der Waals surface area contributed by atoms with Gasteiger partial charge in [0.25, 0.3) is 0 Å². The van der Waals surface area contributed by atoms with Gasteiger partial charge < -0.3 is 10.1 Å². The molecule has 0 aliphatic heterocycles. The summed E-state index contributed by atoms with van der Waals surface area (Å²) in [4.78, 5) is 13.0. The van der Waals surface area contributed by atoms with Crippen LogP contribution in [0, 0.1) is 19.3 Å². The lowest BCUT2D eigenvalue weighted by Gasteiger charge is -2.21. The largest absolute Gasteiger partial charge is 0.497 e. The Morgan fingerprint density at radius 3 is 2.38 bits per heavy atom. The molecule has 1 aliphatic carbocycles. The monoisotopic (exact) mass is 327 g/mol. The molecule has 1 aromatic heterocycles. The molecule has 1 atom stereocenters. The molecule has 5 nitrogen and oxygen atoms in total. The zero-order chi connectivity index (χ0) is 17.5. The van der Waals surface area contributed by atoms with Crippen LogP contribution in [0.4, 0.5) is 0 Å². The zero-order valence-corrected chi connectivity index (χ0v) is 15.0. The number of amides is 1. The van der Waals surface area contributed by atoms with E-state index in [-0.39, 0.29) is 11.3 Å². The van der Waals surface area contributed by atoms with Crippen LogP contribution in [0.2, 0.25) is 0 Å². The molecule has 0 spiro atoms. The highest BCUT2D eigenvalue weighted by molar-refractivity contribution is 5.93. The molecule has 128 valence electrons. The van der Waals surface area contributed by atoms with Crippen LogP contribution in [-0.2, 0) is 16.8 Å². The first-order valence-electron chi connectivity index (χ1n) is 8.25. The summed E-state index contributed by atoms with van der Waals surface area (Å²) in [5, 5.41) is 10.3. The number of nitrogens with one attached hydrogen (secondary N) is 2. The Hall–Kier alpha value is -2.30. The van der Waals surface area contributed by atoms with Gasteiger partial charge in [0.05, 0.1) is 18.2 Å². The Bertz CT molecular complexity index is 742. The summed E-state index contributed by atoms with van der Waals surface area (Å²) < 4.78 is 5.23. The van der Waals surface area contributed by atoms with E-state index in [0.29, 0.717) is 6.54 Å². The Labute approximate surface area is 142 Å². The van der Waals surface area contributed by atoms with Crippen LogP contribution in [0.25, 0.3) is 0 Å². The number of ether oxygens (including phenoxy) is 1. The fourth-order valence-corrected chi connectivity index (χ4v) is 3.66. The lowest BCUT2D eigenvalue weighted by atomic mass is 9.87. The van der Waals surface area contributed by atoms with Gasteiger partial charge in [-0.2, -0.15) is 5.10 Å². The summed E-state index contributed by atoms with van der Waals surface area (Å²) in [5.74, 6) is 0.884. The average Bonchev–Trinajstić information content (AvgIpc) is 3.02. The van der Waals surface area contributed by atoms with E-state index in [2.05, 4.69) is 29.4 Å². The molecule has 1 aromatic carbocycles. The summed E-state index contributed by atoms with van der Waals surface area (Å²) in [6, 6.07) is 7.84. The summed E-state index contributed by atoms with van der Waals surface area (Å²) in [5.41, 5.74) is 3.53. The van der Waals surface area contributed by atoms with Gasteiger partial charge in [0.15, 0.2) is 0 Å². The van der Waals surface area contributed by atoms with Gasteiger partial charge >= 0.3 is 0 Å². The molecule has 1 fully saturated rings. The maximum absolute atomic E-state index is 13.0. The minimum atomic E-state index is -0.467. The molecule has 1 heterocycles. The van der Waals surface area contributed by atoms with Crippen LogP contribution in [0.5, 0.6) is 5.75 Å². The highest BCUT2D eigenvalue weighted by Crippen LogP contribution is 2.64. The quantitative estimate of drug-likeness (QED) is 0.887. The van der Waals surface area contributed by atoms with Gasteiger partial charge in [-0.3, -0.25) is 9.89 Å². The SMILES string of the molecule is COc1ccc([C@@]2(C(=O)NCc3c(C)n[nH]c3C)CC2(C)C)cc1. The molecule has 1 amide bonds. The third-order valence-corrected chi connectivity index (χ3v) is 5.41. The normalized spacial score (nSPS) is 21.4. The van der Waals surface area contributed by atoms with E-state index in [1.54, 1.807) is 7.11 Å². The minimum absolute atomic E-state index is 0.0494. The van der Waals surface area contributed by atoms with Crippen molar-refractivity contribution in [1.82, 2.24) is 15.5 Å². The van der Waals surface area contributed by atoms with Crippen molar-refractivity contribution in [2.24, 2.45) is 5.41 Å². The first-order valence-corrected chi connectivity index (χ1v) is 8.25. The highest BCUT2D eigenvalue weighted by Gasteiger charge is 2.66. The Kier molecular flexibility index (Phi) is 3.90. The average molecular weight is 327 g/mol. The molecular formula is C19H25N3O2. The molecule has 1 aliphatic rings. The predicted molar refractivity (Wildman–Crippen MR) is 93.0 cm³/mol. The topological polar surface area (TPSA) is 67.0 Å². The molecule has 5 heteroatoms. The van der Waals surface area contributed by atoms with E-state index in [9.17, 15) is 4.79 Å². The molecule has 2 N–H and O–H groups in total. The molecule has 0 bridgehead atoms. The number of benzene rings is 1. The number of aromatic amines is 1. The number of carbonyl (C=O) groups excluding carboxylic acids is 1. The maximum atomic E-state index is 13.0. The second kappa shape index (κ2) is 5.65. The van der Waals surface area contributed by atoms with Crippen molar-refractivity contribution in [3.05, 3.63) is 46.8 Å². The second-order valence-electron chi connectivity index (χ2n) is 7.29. The zero-order valence-electron chi connectivity index (χ0n) is 15.0. The summed E-state index contributed by atoms with van der Waals surface area (Å²) in [7, 11) is 1.65. The number of methoxy groups -OCH3 is 1. The van der Waals surface area contributed by atoms with Crippen molar-refractivity contribution in [2.75, 3.05) is 7.11 Å². The first-order chi connectivity index (χ1) is 11.3. The van der Waals surface area contributed by atoms with Crippen LogP contribution in [0.3, 0.4) is 0 Å². The standard InChI is InChI=1S/C19H25N3O2/c1-12-16(13(2)22-21-12)10-20-17(23)19(11-18(19,3)4)14-6-8-15(24-5)9-7-14/h6-9H,10-11H2,1-5H3,(H,20,23)(H,21,22)/t19-/m1/s1. The molecular weight excluding hydrogens is 302 g/mol. The van der Waals surface area contributed by atoms with Gasteiger partial charge in [-0.25, -0.2) is 0 Å². The van der Waals surface area contributed by atoms with Crippen LogP contribution in [-0.4, -0.2) is 23.2 Å². The van der Waals surface area contributed by atoms with Crippen molar-refractivity contribution in [3.8, 4) is 5.75 Å². The van der Waals surface area contributed by atoms with Crippen molar-refractivity contribution in [3.63, 3.8) is 0 Å². The third kappa shape index (κ3) is 2.48. The number of carbonyl (C=O) groups is 1. The number of H-pyrrole nitrogens is 1. The fourth-order valence-electron chi connectivity index (χ4n) is 3.66. The lowest BCUT2D eigenvalue weighted by Crippen LogP contribution is -2.37. The van der Waals surface area contributed by atoms with Gasteiger partial charge in [0, 0.05) is 17.8 Å². The second-order valence-corrected chi connectivity index (χ2v) is 7.29. The van der Waals surface area contributed by atoms with Crippen molar-refractivity contribution >= 4 is 5.91 Å². The van der Waals surface area contributed by atoms with Crippen molar-refractivity contribution in [2.45, 2.75) is 46.1 Å². The molecule has 24 heavy (non-hydrogen) atoms. The van der Waals surface area contributed by atoms with Gasteiger partial charge in [-0.05, 0) is 43.4 Å². The molecule has 3 rings (SSSR count). The number of nitrogens with zero attached hydrogens (tertiary/aromatic N) is 1. The van der Waals surface area contributed by atoms with E-state index >= 15 is 0 Å². The molecule has 0 radical (unpaired) electrons. The Balaban J connectivity index is 1.82. The van der Waals surface area contributed by atoms with Crippen LogP contribution < -0.4 is 10.1 Å². The molecule has 2 aromatic rings. The van der Waals surface area contributed by atoms with Gasteiger partial charge in [0.1, 0.15) is 5.75 Å². The number of hydrogen-bond acceptors (Lipinski definition) is 3. The number of aromatic nitrogens is 2. The lowest BCUT2D eigenvalue weighted by molar-refractivity contribution is -0.124. The van der Waals surface area contributed by atoms with E-state index in [0.717, 1.165) is 34.7 Å². The third-order valence-electron chi connectivity index (χ3n) is 5.41. The first kappa shape index (κ1) is 16.6. The van der Waals surface area contributed by atoms with Gasteiger partial charge in [-0.15, -0.1) is 0 Å². The van der Waals surface area contributed by atoms with Crippen molar-refractivity contribution in [1.29, 1.82) is 0 Å². The molecule has 1 saturated carbocycles. The molecule has 0 unspecified atom stereocenters. The smallest absolute Gasteiger partial charge is 0.231 e. The number of aryl methyl sites for hydroxylation is 2. The number of hydrogen-bond donors (Lipinski definition) is 2. The predicted octanol–water partition coefficient (Wildman–Crippen LogP) is 3.02. The van der Waals surface area contributed by atoms with E-state index in [4.69, 9.17) is 4.74 Å². The molecule has 0 saturated heterocycles. The minimum Gasteiger partial charge on any atom is -0.497 e. The van der Waals surface area contributed by atoms with Crippen LogP contribution in [0.15, 0.2) is 24.3 Å². The number of rotatable bonds is 5. The maximum Gasteiger partial charge on any atom is 0.231 e. The summed E-state index contributed by atoms with van der Waals surface area (Å²) in [6.45, 7) is 8.71. The van der Waals surface area contributed by atoms with Crippen LogP contribution >= 0.6 is 0 Å². The van der Waals surface area contributed by atoms with E-state index in [1.165, 1.54) is 0 Å². The van der Waals surface area contributed by atoms with Gasteiger partial charge in [-0.1, -0.05) is 26.0 Å². The summed E-state index contributed by atoms with van der Waals surface area (Å²) >= 11 is 0. The summed E-state index contributed by atoms with van der Waals surface area (Å²) in [6.07, 6.45) is 0.849. The van der Waals surface area contributed by atoms with E-state index in [1.807, 2.05) is 38.1 Å². The Morgan fingerprint density at radius 2 is 1.92 bits per heavy atom. The highest BCUT2D eigenvalue weighted by atomic mass is 16.5.